The van der Waals surface area contributed by atoms with Crippen LogP contribution in [0.1, 0.15) is 24.8 Å². The second kappa shape index (κ2) is 4.70. The van der Waals surface area contributed by atoms with Crippen LogP contribution < -0.4 is 0 Å². The molecule has 0 aliphatic rings. The first-order valence-electron chi connectivity index (χ1n) is 7.53. The van der Waals surface area contributed by atoms with Crippen molar-refractivity contribution in [3.8, 4) is 0 Å². The molecule has 0 heterocycles. The zero-order valence-corrected chi connectivity index (χ0v) is 12.3. The van der Waals surface area contributed by atoms with Crippen LogP contribution in [-0.4, -0.2) is 11.1 Å². The Morgan fingerprint density at radius 1 is 0.909 bits per heavy atom. The van der Waals surface area contributed by atoms with Gasteiger partial charge in [-0.25, -0.2) is 0 Å². The fourth-order valence-electron chi connectivity index (χ4n) is 3.56. The Bertz CT molecular complexity index is 985. The van der Waals surface area contributed by atoms with Crippen LogP contribution in [0.5, 0.6) is 0 Å². The summed E-state index contributed by atoms with van der Waals surface area (Å²) >= 11 is 0. The van der Waals surface area contributed by atoms with Crippen molar-refractivity contribution in [3.63, 3.8) is 0 Å². The summed E-state index contributed by atoms with van der Waals surface area (Å²) in [6.07, 6.45) is 0.157. The van der Waals surface area contributed by atoms with Crippen molar-refractivity contribution in [2.75, 3.05) is 0 Å². The zero-order valence-electron chi connectivity index (χ0n) is 12.3. The summed E-state index contributed by atoms with van der Waals surface area (Å²) in [5, 5.41) is 16.5. The molecule has 0 aliphatic carbocycles. The van der Waals surface area contributed by atoms with Gasteiger partial charge < -0.3 is 5.11 Å². The maximum atomic E-state index is 11.1. The van der Waals surface area contributed by atoms with Crippen LogP contribution in [0.3, 0.4) is 0 Å². The molecule has 1 atom stereocenters. The quantitative estimate of drug-likeness (QED) is 0.528. The number of hydrogen-bond donors (Lipinski definition) is 1. The maximum Gasteiger partial charge on any atom is 0.303 e. The van der Waals surface area contributed by atoms with Gasteiger partial charge in [0, 0.05) is 0 Å². The highest BCUT2D eigenvalue weighted by atomic mass is 16.4. The topological polar surface area (TPSA) is 37.3 Å². The Labute approximate surface area is 128 Å². The van der Waals surface area contributed by atoms with E-state index >= 15 is 0 Å². The molecular weight excluding hydrogens is 272 g/mol. The van der Waals surface area contributed by atoms with E-state index in [1.807, 2.05) is 6.92 Å². The van der Waals surface area contributed by atoms with Crippen molar-refractivity contribution in [1.82, 2.24) is 0 Å². The van der Waals surface area contributed by atoms with Crippen LogP contribution in [0.4, 0.5) is 0 Å². The van der Waals surface area contributed by atoms with Gasteiger partial charge in [0.05, 0.1) is 6.42 Å². The molecule has 0 radical (unpaired) electrons. The lowest BCUT2D eigenvalue weighted by Crippen LogP contribution is -2.03. The largest absolute Gasteiger partial charge is 0.481 e. The van der Waals surface area contributed by atoms with Gasteiger partial charge in [0.2, 0.25) is 0 Å². The molecule has 0 spiro atoms. The molecule has 0 aromatic heterocycles. The van der Waals surface area contributed by atoms with Gasteiger partial charge in [0.15, 0.2) is 0 Å². The van der Waals surface area contributed by atoms with E-state index in [1.54, 1.807) is 0 Å². The summed E-state index contributed by atoms with van der Waals surface area (Å²) in [6.45, 7) is 1.99. The van der Waals surface area contributed by atoms with Crippen LogP contribution in [0.15, 0.2) is 54.6 Å². The minimum Gasteiger partial charge on any atom is -0.481 e. The van der Waals surface area contributed by atoms with Crippen LogP contribution >= 0.6 is 0 Å². The average Bonchev–Trinajstić information content (AvgIpc) is 2.51. The molecule has 0 unspecified atom stereocenters. The summed E-state index contributed by atoms with van der Waals surface area (Å²) in [5.74, 6) is -0.750. The molecular formula is C20H16O2. The molecule has 0 bridgehead atoms. The van der Waals surface area contributed by atoms with E-state index in [0.717, 1.165) is 5.56 Å². The van der Waals surface area contributed by atoms with Gasteiger partial charge in [-0.05, 0) is 43.8 Å². The van der Waals surface area contributed by atoms with Gasteiger partial charge in [-0.2, -0.15) is 0 Å². The molecule has 0 saturated carbocycles. The predicted molar refractivity (Wildman–Crippen MR) is 90.8 cm³/mol. The summed E-state index contributed by atoms with van der Waals surface area (Å²) in [7, 11) is 0. The van der Waals surface area contributed by atoms with Crippen molar-refractivity contribution >= 4 is 38.3 Å². The molecule has 0 saturated heterocycles. The highest BCUT2D eigenvalue weighted by Crippen LogP contribution is 2.38. The first-order chi connectivity index (χ1) is 10.6. The molecule has 1 N–H and O–H groups in total. The summed E-state index contributed by atoms with van der Waals surface area (Å²) in [6, 6.07) is 19.1. The Morgan fingerprint density at radius 2 is 1.50 bits per heavy atom. The highest BCUT2D eigenvalue weighted by molar-refractivity contribution is 6.23. The van der Waals surface area contributed by atoms with E-state index in [2.05, 4.69) is 54.6 Å². The number of carboxylic acid groups (broad SMARTS) is 1. The van der Waals surface area contributed by atoms with Crippen molar-refractivity contribution in [2.45, 2.75) is 19.3 Å². The summed E-state index contributed by atoms with van der Waals surface area (Å²) in [4.78, 5) is 11.1. The third-order valence-corrected chi connectivity index (χ3v) is 4.57. The van der Waals surface area contributed by atoms with Gasteiger partial charge >= 0.3 is 5.97 Å². The van der Waals surface area contributed by atoms with Crippen LogP contribution in [0.25, 0.3) is 32.3 Å². The number of carboxylic acids is 1. The monoisotopic (exact) mass is 288 g/mol. The first kappa shape index (κ1) is 13.1. The van der Waals surface area contributed by atoms with Crippen molar-refractivity contribution in [2.24, 2.45) is 0 Å². The molecule has 2 nitrogen and oxygen atoms in total. The SMILES string of the molecule is C[C@@H](CC(=O)O)c1ccc2ccc3cccc4ccc1c2c34. The molecule has 22 heavy (non-hydrogen) atoms. The number of aliphatic carboxylic acids is 1. The predicted octanol–water partition coefficient (Wildman–Crippen LogP) is 5.16. The first-order valence-corrected chi connectivity index (χ1v) is 7.53. The summed E-state index contributed by atoms with van der Waals surface area (Å²) < 4.78 is 0. The van der Waals surface area contributed by atoms with Crippen LogP contribution in [-0.2, 0) is 4.79 Å². The van der Waals surface area contributed by atoms with Crippen molar-refractivity contribution in [3.05, 3.63) is 60.2 Å². The number of hydrogen-bond acceptors (Lipinski definition) is 1. The highest BCUT2D eigenvalue weighted by Gasteiger charge is 2.16. The van der Waals surface area contributed by atoms with Crippen LogP contribution in [0, 0.1) is 0 Å². The van der Waals surface area contributed by atoms with Gasteiger partial charge in [0.25, 0.3) is 0 Å². The van der Waals surface area contributed by atoms with E-state index in [4.69, 9.17) is 5.11 Å². The lowest BCUT2D eigenvalue weighted by molar-refractivity contribution is -0.137. The van der Waals surface area contributed by atoms with E-state index in [9.17, 15) is 4.79 Å². The molecule has 108 valence electrons. The minimum atomic E-state index is -0.752. The van der Waals surface area contributed by atoms with E-state index in [0.29, 0.717) is 0 Å². The molecule has 0 aliphatic heterocycles. The second-order valence-electron chi connectivity index (χ2n) is 6.01. The molecule has 4 aromatic carbocycles. The van der Waals surface area contributed by atoms with Crippen LogP contribution in [0.2, 0.25) is 0 Å². The third kappa shape index (κ3) is 1.84. The maximum absolute atomic E-state index is 11.1. The van der Waals surface area contributed by atoms with Gasteiger partial charge in [-0.15, -0.1) is 0 Å². The number of rotatable bonds is 3. The zero-order chi connectivity index (χ0) is 15.3. The van der Waals surface area contributed by atoms with E-state index < -0.39 is 5.97 Å². The second-order valence-corrected chi connectivity index (χ2v) is 6.01. The van der Waals surface area contributed by atoms with Gasteiger partial charge in [0.1, 0.15) is 0 Å². The molecule has 0 amide bonds. The number of carbonyl (C=O) groups is 1. The normalized spacial score (nSPS) is 13.1. The standard InChI is InChI=1S/C20H16O2/c1-12(11-18(21)22)16-9-7-15-6-5-13-3-2-4-14-8-10-17(16)20(15)19(13)14/h2-10,12H,11H2,1H3,(H,21,22)/t12-/m0/s1. The third-order valence-electron chi connectivity index (χ3n) is 4.57. The Hall–Kier alpha value is -2.61. The molecule has 4 rings (SSSR count). The van der Waals surface area contributed by atoms with Crippen molar-refractivity contribution in [1.29, 1.82) is 0 Å². The Balaban J connectivity index is 2.10. The van der Waals surface area contributed by atoms with Gasteiger partial charge in [-0.1, -0.05) is 61.5 Å². The molecule has 2 heteroatoms. The Morgan fingerprint density at radius 3 is 2.18 bits per heavy atom. The molecule has 4 aromatic rings. The lowest BCUT2D eigenvalue weighted by Gasteiger charge is -2.17. The lowest BCUT2D eigenvalue weighted by atomic mass is 9.87. The fourth-order valence-corrected chi connectivity index (χ4v) is 3.56. The minimum absolute atomic E-state index is 0.00192. The fraction of sp³-hybridized carbons (Fsp3) is 0.150. The average molecular weight is 288 g/mol. The van der Waals surface area contributed by atoms with E-state index in [1.165, 1.54) is 32.3 Å². The number of benzene rings is 4. The molecule has 0 fully saturated rings. The Kier molecular flexibility index (Phi) is 2.80. The van der Waals surface area contributed by atoms with Crippen molar-refractivity contribution < 1.29 is 9.90 Å². The summed E-state index contributed by atoms with van der Waals surface area (Å²) in [5.41, 5.74) is 1.12. The van der Waals surface area contributed by atoms with E-state index in [-0.39, 0.29) is 12.3 Å². The smallest absolute Gasteiger partial charge is 0.303 e. The van der Waals surface area contributed by atoms with Gasteiger partial charge in [-0.3, -0.25) is 4.79 Å².